The van der Waals surface area contributed by atoms with Gasteiger partial charge in [0.25, 0.3) is 5.92 Å². The van der Waals surface area contributed by atoms with E-state index in [9.17, 15) is 17.6 Å². The first kappa shape index (κ1) is 14.8. The van der Waals surface area contributed by atoms with Crippen molar-refractivity contribution in [2.45, 2.75) is 12.0 Å². The average Bonchev–Trinajstić information content (AvgIpc) is 3.12. The second-order valence-corrected chi connectivity index (χ2v) is 5.79. The molecule has 2 fully saturated rings. The van der Waals surface area contributed by atoms with Gasteiger partial charge in [-0.3, -0.25) is 0 Å². The highest BCUT2D eigenvalue weighted by molar-refractivity contribution is 6.30. The van der Waals surface area contributed by atoms with E-state index in [2.05, 4.69) is 15.0 Å². The van der Waals surface area contributed by atoms with E-state index < -0.39 is 40.4 Å². The van der Waals surface area contributed by atoms with E-state index in [1.165, 1.54) is 4.90 Å². The molecular weight excluding hydrogens is 340 g/mol. The van der Waals surface area contributed by atoms with Crippen molar-refractivity contribution in [1.82, 2.24) is 15.0 Å². The van der Waals surface area contributed by atoms with Crippen LogP contribution in [0.4, 0.5) is 23.4 Å². The lowest BCUT2D eigenvalue weighted by molar-refractivity contribution is 0.0492. The Hall–Kier alpha value is -1.74. The Morgan fingerprint density at radius 3 is 2.87 bits per heavy atom. The Morgan fingerprint density at radius 2 is 2.09 bits per heavy atom. The van der Waals surface area contributed by atoms with Crippen molar-refractivity contribution in [2.75, 3.05) is 24.7 Å². The molecule has 2 aromatic rings. The fourth-order valence-electron chi connectivity index (χ4n) is 2.96. The zero-order valence-corrected chi connectivity index (χ0v) is 12.2. The molecule has 1 saturated heterocycles. The summed E-state index contributed by atoms with van der Waals surface area (Å²) in [4.78, 5) is 11.8. The van der Waals surface area contributed by atoms with Crippen LogP contribution >= 0.6 is 11.6 Å². The molecule has 0 radical (unpaired) electrons. The second-order valence-electron chi connectivity index (χ2n) is 5.44. The minimum atomic E-state index is -2.97. The number of hydrogen-bond acceptors (Lipinski definition) is 5. The number of ether oxygens (including phenoxy) is 1. The quantitative estimate of drug-likeness (QED) is 0.450. The molecule has 1 saturated carbocycles. The van der Waals surface area contributed by atoms with Gasteiger partial charge in [0.2, 0.25) is 0 Å². The van der Waals surface area contributed by atoms with Gasteiger partial charge in [0, 0.05) is 12.7 Å². The predicted molar refractivity (Wildman–Crippen MR) is 72.6 cm³/mol. The number of hydrogen-bond donors (Lipinski definition) is 0. The number of aromatic nitrogens is 3. The van der Waals surface area contributed by atoms with E-state index in [4.69, 9.17) is 16.3 Å². The Balaban J connectivity index is 1.90. The molecule has 3 heterocycles. The van der Waals surface area contributed by atoms with Gasteiger partial charge in [-0.05, 0) is 0 Å². The molecule has 2 aliphatic rings. The fraction of sp³-hybridized carbons (Fsp3) is 0.462. The summed E-state index contributed by atoms with van der Waals surface area (Å²) < 4.78 is 60.7. The van der Waals surface area contributed by atoms with Crippen LogP contribution < -0.4 is 4.90 Å². The van der Waals surface area contributed by atoms with E-state index in [-0.39, 0.29) is 31.0 Å². The van der Waals surface area contributed by atoms with Crippen molar-refractivity contribution >= 4 is 28.3 Å². The van der Waals surface area contributed by atoms with E-state index in [0.717, 1.165) is 6.20 Å². The molecule has 0 amide bonds. The summed E-state index contributed by atoms with van der Waals surface area (Å²) in [5.41, 5.74) is -0.391. The van der Waals surface area contributed by atoms with Crippen LogP contribution in [0.25, 0.3) is 10.9 Å². The molecule has 2 atom stereocenters. The standard InChI is InChI=1S/C13H9ClF4N4O/c14-10-7(15)8-5(3-19-10)11(21-12(16)20-8)22-1-2-23-4-6-9(22)13(6,17)18/h3,6,9H,1-2,4H2. The number of alkyl halides is 2. The normalized spacial score (nSPS) is 26.0. The van der Waals surface area contributed by atoms with Crippen molar-refractivity contribution in [3.63, 3.8) is 0 Å². The zero-order chi connectivity index (χ0) is 16.4. The first-order valence-electron chi connectivity index (χ1n) is 6.80. The topological polar surface area (TPSA) is 51.1 Å². The van der Waals surface area contributed by atoms with Gasteiger partial charge in [-0.25, -0.2) is 18.2 Å². The van der Waals surface area contributed by atoms with Crippen LogP contribution in [0, 0.1) is 17.8 Å². The third kappa shape index (κ3) is 2.13. The Labute approximate surface area is 132 Å². The van der Waals surface area contributed by atoms with Gasteiger partial charge in [0.1, 0.15) is 17.4 Å². The molecule has 2 unspecified atom stereocenters. The van der Waals surface area contributed by atoms with Gasteiger partial charge >= 0.3 is 6.08 Å². The lowest BCUT2D eigenvalue weighted by Gasteiger charge is -2.23. The van der Waals surface area contributed by atoms with Crippen molar-refractivity contribution in [3.05, 3.63) is 23.2 Å². The molecule has 2 aromatic heterocycles. The monoisotopic (exact) mass is 348 g/mol. The lowest BCUT2D eigenvalue weighted by atomic mass is 10.2. The predicted octanol–water partition coefficient (Wildman–Crippen LogP) is 2.43. The number of anilines is 1. The summed E-state index contributed by atoms with van der Waals surface area (Å²) in [7, 11) is 0. The first-order valence-corrected chi connectivity index (χ1v) is 7.18. The molecule has 0 bridgehead atoms. The molecule has 122 valence electrons. The second kappa shape index (κ2) is 4.88. The molecule has 0 N–H and O–H groups in total. The molecule has 4 rings (SSSR count). The zero-order valence-electron chi connectivity index (χ0n) is 11.4. The molecule has 1 aliphatic carbocycles. The largest absolute Gasteiger partial charge is 0.379 e. The lowest BCUT2D eigenvalue weighted by Crippen LogP contribution is -2.33. The summed E-state index contributed by atoms with van der Waals surface area (Å²) in [6, 6.07) is -1.17. The summed E-state index contributed by atoms with van der Waals surface area (Å²) in [6.45, 7) is 0.171. The van der Waals surface area contributed by atoms with Crippen LogP contribution in [0.5, 0.6) is 0 Å². The van der Waals surface area contributed by atoms with Crippen LogP contribution in [0.1, 0.15) is 0 Å². The van der Waals surface area contributed by atoms with Crippen molar-refractivity contribution in [1.29, 1.82) is 0 Å². The molecule has 10 heteroatoms. The molecule has 0 spiro atoms. The van der Waals surface area contributed by atoms with Gasteiger partial charge in [-0.1, -0.05) is 11.6 Å². The minimum absolute atomic E-state index is 0.0247. The van der Waals surface area contributed by atoms with Crippen LogP contribution in [0.2, 0.25) is 5.15 Å². The van der Waals surface area contributed by atoms with Crippen molar-refractivity contribution in [3.8, 4) is 0 Å². The van der Waals surface area contributed by atoms with Gasteiger partial charge < -0.3 is 9.64 Å². The smallest absolute Gasteiger partial charge is 0.311 e. The van der Waals surface area contributed by atoms with Crippen molar-refractivity contribution in [2.24, 2.45) is 5.92 Å². The van der Waals surface area contributed by atoms with Gasteiger partial charge in [0.05, 0.1) is 24.5 Å². The van der Waals surface area contributed by atoms with E-state index in [0.29, 0.717) is 0 Å². The third-order valence-corrected chi connectivity index (χ3v) is 4.40. The highest BCUT2D eigenvalue weighted by Crippen LogP contribution is 2.54. The van der Waals surface area contributed by atoms with Crippen LogP contribution in [-0.2, 0) is 4.74 Å². The number of fused-ring (bicyclic) bond motifs is 2. The molecule has 0 aromatic carbocycles. The molecular formula is C13H9ClF4N4O. The summed E-state index contributed by atoms with van der Waals surface area (Å²) in [6.07, 6.45) is -0.0732. The van der Waals surface area contributed by atoms with Gasteiger partial charge in [-0.2, -0.15) is 14.4 Å². The van der Waals surface area contributed by atoms with E-state index in [1.54, 1.807) is 0 Å². The maximum Gasteiger partial charge on any atom is 0.311 e. The molecule has 23 heavy (non-hydrogen) atoms. The Bertz CT molecular complexity index is 805. The minimum Gasteiger partial charge on any atom is -0.379 e. The van der Waals surface area contributed by atoms with Crippen LogP contribution in [-0.4, -0.2) is 46.7 Å². The van der Waals surface area contributed by atoms with Gasteiger partial charge in [-0.15, -0.1) is 0 Å². The fourth-order valence-corrected chi connectivity index (χ4v) is 3.10. The third-order valence-electron chi connectivity index (χ3n) is 4.14. The number of nitrogens with zero attached hydrogens (tertiary/aromatic N) is 4. The Kier molecular flexibility index (Phi) is 3.14. The number of halogens is 5. The number of pyridine rings is 1. The number of rotatable bonds is 1. The SMILES string of the molecule is Fc1nc(N2CCOCC3C2C3(F)F)c2cnc(Cl)c(F)c2n1. The summed E-state index contributed by atoms with van der Waals surface area (Å²) in [5.74, 6) is -5.11. The van der Waals surface area contributed by atoms with E-state index >= 15 is 0 Å². The van der Waals surface area contributed by atoms with Crippen LogP contribution in [0.15, 0.2) is 6.20 Å². The maximum atomic E-state index is 14.0. The molecule has 5 nitrogen and oxygen atoms in total. The van der Waals surface area contributed by atoms with Crippen molar-refractivity contribution < 1.29 is 22.3 Å². The average molecular weight is 349 g/mol. The van der Waals surface area contributed by atoms with Crippen LogP contribution in [0.3, 0.4) is 0 Å². The first-order chi connectivity index (χ1) is 10.9. The van der Waals surface area contributed by atoms with Gasteiger partial charge in [0.15, 0.2) is 11.0 Å². The van der Waals surface area contributed by atoms with E-state index in [1.807, 2.05) is 0 Å². The highest BCUT2D eigenvalue weighted by Gasteiger charge is 2.71. The highest BCUT2D eigenvalue weighted by atomic mass is 35.5. The molecule has 1 aliphatic heterocycles. The Morgan fingerprint density at radius 1 is 1.30 bits per heavy atom. The summed E-state index contributed by atoms with van der Waals surface area (Å²) in [5, 5.41) is -0.452. The maximum absolute atomic E-state index is 14.0. The summed E-state index contributed by atoms with van der Waals surface area (Å²) >= 11 is 5.56.